The molecule has 0 saturated carbocycles. The Labute approximate surface area is 128 Å². The summed E-state index contributed by atoms with van der Waals surface area (Å²) < 4.78 is 40.0. The zero-order valence-corrected chi connectivity index (χ0v) is 12.7. The molecule has 2 aromatic rings. The molecular weight excluding hydrogens is 319 g/mol. The van der Waals surface area contributed by atoms with Crippen LogP contribution >= 0.6 is 23.5 Å². The Bertz CT molecular complexity index is 648. The summed E-state index contributed by atoms with van der Waals surface area (Å²) in [5.41, 5.74) is 6.16. The number of thioether (sulfide) groups is 2. The highest BCUT2D eigenvalue weighted by molar-refractivity contribution is 8.06. The van der Waals surface area contributed by atoms with Crippen molar-refractivity contribution in [2.45, 2.75) is 18.0 Å². The molecule has 1 aromatic heterocycles. The lowest BCUT2D eigenvalue weighted by Crippen LogP contribution is -2.21. The van der Waals surface area contributed by atoms with Crippen molar-refractivity contribution in [2.24, 2.45) is 0 Å². The van der Waals surface area contributed by atoms with Gasteiger partial charge >= 0.3 is 6.18 Å². The number of imidazole rings is 1. The van der Waals surface area contributed by atoms with Crippen LogP contribution in [0, 0.1) is 0 Å². The molecule has 1 saturated heterocycles. The highest BCUT2D eigenvalue weighted by atomic mass is 32.2. The molecule has 0 bridgehead atoms. The molecule has 0 radical (unpaired) electrons. The van der Waals surface area contributed by atoms with Crippen LogP contribution < -0.4 is 5.73 Å². The second kappa shape index (κ2) is 5.64. The summed E-state index contributed by atoms with van der Waals surface area (Å²) in [7, 11) is 0. The van der Waals surface area contributed by atoms with E-state index < -0.39 is 11.7 Å². The highest BCUT2D eigenvalue weighted by Crippen LogP contribution is 2.33. The first kappa shape index (κ1) is 14.9. The maximum Gasteiger partial charge on any atom is 0.416 e. The van der Waals surface area contributed by atoms with Gasteiger partial charge in [0.15, 0.2) is 0 Å². The first-order valence-electron chi connectivity index (χ1n) is 6.47. The van der Waals surface area contributed by atoms with E-state index in [1.807, 2.05) is 28.1 Å². The van der Waals surface area contributed by atoms with Crippen LogP contribution in [0.3, 0.4) is 0 Å². The first-order valence-corrected chi connectivity index (χ1v) is 8.68. The van der Waals surface area contributed by atoms with Crippen molar-refractivity contribution in [3.8, 4) is 0 Å². The Kier molecular flexibility index (Phi) is 4.00. The van der Waals surface area contributed by atoms with E-state index in [2.05, 4.69) is 4.98 Å². The minimum Gasteiger partial charge on any atom is -0.369 e. The number of anilines is 1. The number of hydrogen-bond acceptors (Lipinski definition) is 4. The largest absolute Gasteiger partial charge is 0.416 e. The average molecular weight is 333 g/mol. The van der Waals surface area contributed by atoms with Gasteiger partial charge in [0.2, 0.25) is 5.95 Å². The van der Waals surface area contributed by atoms with Gasteiger partial charge in [0.25, 0.3) is 0 Å². The van der Waals surface area contributed by atoms with Gasteiger partial charge < -0.3 is 10.3 Å². The molecule has 1 fully saturated rings. The predicted octanol–water partition coefficient (Wildman–Crippen LogP) is 3.49. The van der Waals surface area contributed by atoms with Crippen molar-refractivity contribution >= 4 is 40.5 Å². The zero-order valence-electron chi connectivity index (χ0n) is 11.1. The number of alkyl halides is 3. The number of benzene rings is 1. The third kappa shape index (κ3) is 3.11. The molecule has 3 nitrogen and oxygen atoms in total. The summed E-state index contributed by atoms with van der Waals surface area (Å²) in [6.07, 6.45) is -4.36. The normalized spacial score (nSPS) is 20.0. The van der Waals surface area contributed by atoms with Crippen LogP contribution in [0.4, 0.5) is 19.1 Å². The number of nitrogens with zero attached hydrogens (tertiary/aromatic N) is 2. The van der Waals surface area contributed by atoms with E-state index in [1.165, 1.54) is 6.07 Å². The van der Waals surface area contributed by atoms with Gasteiger partial charge in [0, 0.05) is 29.1 Å². The fourth-order valence-corrected chi connectivity index (χ4v) is 5.01. The lowest BCUT2D eigenvalue weighted by atomic mass is 10.2. The lowest BCUT2D eigenvalue weighted by molar-refractivity contribution is -0.137. The van der Waals surface area contributed by atoms with Gasteiger partial charge in [-0.2, -0.15) is 36.7 Å². The minimum atomic E-state index is -4.36. The van der Waals surface area contributed by atoms with Gasteiger partial charge in [-0.1, -0.05) is 0 Å². The molecule has 8 heteroatoms. The Balaban J connectivity index is 1.93. The van der Waals surface area contributed by atoms with Crippen LogP contribution in [0.15, 0.2) is 18.2 Å². The standard InChI is InChI=1S/C13H14F3N3S2/c14-13(15,16)8-1-2-11-10(5-8)18-12(17)19(11)6-9-7-20-3-4-21-9/h1-2,5,9H,3-4,6-7H2,(H2,17,18). The molecule has 1 unspecified atom stereocenters. The molecule has 0 aliphatic carbocycles. The van der Waals surface area contributed by atoms with Crippen molar-refractivity contribution in [1.29, 1.82) is 0 Å². The average Bonchev–Trinajstić information content (AvgIpc) is 2.75. The zero-order chi connectivity index (χ0) is 15.0. The molecular formula is C13H14F3N3S2. The van der Waals surface area contributed by atoms with Gasteiger partial charge in [-0.25, -0.2) is 4.98 Å². The van der Waals surface area contributed by atoms with Crippen LogP contribution in [-0.2, 0) is 12.7 Å². The molecule has 1 atom stereocenters. The van der Waals surface area contributed by atoms with E-state index in [4.69, 9.17) is 5.73 Å². The van der Waals surface area contributed by atoms with Gasteiger partial charge in [-0.3, -0.25) is 0 Å². The van der Waals surface area contributed by atoms with Gasteiger partial charge in [0.05, 0.1) is 16.6 Å². The van der Waals surface area contributed by atoms with Gasteiger partial charge in [0.1, 0.15) is 0 Å². The van der Waals surface area contributed by atoms with Crippen molar-refractivity contribution in [2.75, 3.05) is 23.0 Å². The topological polar surface area (TPSA) is 43.8 Å². The maximum absolute atomic E-state index is 12.7. The number of hydrogen-bond donors (Lipinski definition) is 1. The maximum atomic E-state index is 12.7. The third-order valence-electron chi connectivity index (χ3n) is 3.38. The number of halogens is 3. The molecule has 2 heterocycles. The molecule has 3 rings (SSSR count). The number of fused-ring (bicyclic) bond motifs is 1. The summed E-state index contributed by atoms with van der Waals surface area (Å²) >= 11 is 3.78. The lowest BCUT2D eigenvalue weighted by Gasteiger charge is -2.22. The number of nitrogen functional groups attached to an aromatic ring is 1. The molecule has 2 N–H and O–H groups in total. The SMILES string of the molecule is Nc1nc2cc(C(F)(F)F)ccc2n1CC1CSCCS1. The van der Waals surface area contributed by atoms with Crippen molar-refractivity contribution < 1.29 is 13.2 Å². The van der Waals surface area contributed by atoms with E-state index in [0.717, 1.165) is 29.4 Å². The predicted molar refractivity (Wildman–Crippen MR) is 82.7 cm³/mol. The summed E-state index contributed by atoms with van der Waals surface area (Å²) in [6, 6.07) is 3.61. The summed E-state index contributed by atoms with van der Waals surface area (Å²) in [5, 5.41) is 0.422. The van der Waals surface area contributed by atoms with Crippen molar-refractivity contribution in [3.05, 3.63) is 23.8 Å². The number of nitrogens with two attached hydrogens (primary N) is 1. The highest BCUT2D eigenvalue weighted by Gasteiger charge is 2.31. The third-order valence-corrected chi connectivity index (χ3v) is 6.20. The van der Waals surface area contributed by atoms with Gasteiger partial charge in [-0.05, 0) is 18.2 Å². The van der Waals surface area contributed by atoms with Crippen LogP contribution in [0.2, 0.25) is 0 Å². The summed E-state index contributed by atoms with van der Waals surface area (Å²) in [6.45, 7) is 0.686. The molecule has 0 amide bonds. The number of aromatic nitrogens is 2. The fourth-order valence-electron chi connectivity index (χ4n) is 2.36. The molecule has 1 aliphatic rings. The fraction of sp³-hybridized carbons (Fsp3) is 0.462. The second-order valence-corrected chi connectivity index (χ2v) is 7.41. The minimum absolute atomic E-state index is 0.278. The van der Waals surface area contributed by atoms with Crippen molar-refractivity contribution in [1.82, 2.24) is 9.55 Å². The Morgan fingerprint density at radius 1 is 1.33 bits per heavy atom. The van der Waals surface area contributed by atoms with E-state index in [-0.39, 0.29) is 5.95 Å². The molecule has 1 aliphatic heterocycles. The molecule has 114 valence electrons. The van der Waals surface area contributed by atoms with E-state index >= 15 is 0 Å². The monoisotopic (exact) mass is 333 g/mol. The first-order chi connectivity index (χ1) is 9.95. The van der Waals surface area contributed by atoms with Crippen molar-refractivity contribution in [3.63, 3.8) is 0 Å². The Hall–Kier alpha value is -1.02. The number of rotatable bonds is 2. The van der Waals surface area contributed by atoms with Crippen LogP contribution in [0.25, 0.3) is 11.0 Å². The Morgan fingerprint density at radius 3 is 2.81 bits per heavy atom. The summed E-state index contributed by atoms with van der Waals surface area (Å²) in [4.78, 5) is 4.08. The molecule has 0 spiro atoms. The molecule has 1 aromatic carbocycles. The molecule has 21 heavy (non-hydrogen) atoms. The van der Waals surface area contributed by atoms with Crippen LogP contribution in [0.1, 0.15) is 5.56 Å². The Morgan fingerprint density at radius 2 is 2.14 bits per heavy atom. The quantitative estimate of drug-likeness (QED) is 0.914. The van der Waals surface area contributed by atoms with E-state index in [9.17, 15) is 13.2 Å². The summed E-state index contributed by atoms with van der Waals surface area (Å²) in [5.74, 6) is 3.56. The smallest absolute Gasteiger partial charge is 0.369 e. The van der Waals surface area contributed by atoms with Gasteiger partial charge in [-0.15, -0.1) is 0 Å². The second-order valence-electron chi connectivity index (χ2n) is 4.85. The van der Waals surface area contributed by atoms with E-state index in [0.29, 0.717) is 22.8 Å². The van der Waals surface area contributed by atoms with Crippen LogP contribution in [-0.4, -0.2) is 32.1 Å². The van der Waals surface area contributed by atoms with E-state index in [1.54, 1.807) is 0 Å². The van der Waals surface area contributed by atoms with Crippen LogP contribution in [0.5, 0.6) is 0 Å².